The van der Waals surface area contributed by atoms with Crippen molar-refractivity contribution >= 4 is 77.7 Å². The number of aromatic nitrogens is 3. The van der Waals surface area contributed by atoms with Crippen molar-refractivity contribution in [2.45, 2.75) is 107 Å². The first-order valence-electron chi connectivity index (χ1n) is 25.8. The van der Waals surface area contributed by atoms with E-state index in [4.69, 9.17) is 14.4 Å². The van der Waals surface area contributed by atoms with Crippen LogP contribution in [0.25, 0.3) is 92.6 Å². The van der Waals surface area contributed by atoms with Gasteiger partial charge in [-0.1, -0.05) is 183 Å². The third-order valence-electron chi connectivity index (χ3n) is 13.8. The minimum absolute atomic E-state index is 0. The van der Waals surface area contributed by atoms with Gasteiger partial charge in [-0.25, -0.2) is 0 Å². The number of fused-ring (bicyclic) bond motifs is 7. The molecule has 0 aliphatic heterocycles. The Hall–Kier alpha value is -5.95. The van der Waals surface area contributed by atoms with Crippen LogP contribution in [0.5, 0.6) is 0 Å². The van der Waals surface area contributed by atoms with Gasteiger partial charge in [0, 0.05) is 42.1 Å². The Kier molecular flexibility index (Phi) is 14.8. The number of pyridine rings is 1. The number of hydrogen-bond acceptors (Lipinski definition) is 4. The Morgan fingerprint density at radius 1 is 0.685 bits per heavy atom. The molecule has 4 nitrogen and oxygen atoms in total. The van der Waals surface area contributed by atoms with Crippen molar-refractivity contribution in [2.75, 3.05) is 0 Å². The SMILES string of the molecule is CC(C)Cc1cc(-c2[c-]ccc3c2oc2ccccc23)ncc1[Si](C)(C)C.CC(C)c1cc(-c2ccccc2)cc(C(C)C)c1-n1c(-c2[c-]cc3sc4ccc(CC(C)(C)C)cc4c3c2)nc2ccccc21.[Ir]. The maximum absolute atomic E-state index is 6.19. The maximum atomic E-state index is 6.19. The van der Waals surface area contributed by atoms with E-state index in [-0.39, 0.29) is 25.5 Å². The number of imidazole rings is 1. The Labute approximate surface area is 451 Å². The predicted molar refractivity (Wildman–Crippen MR) is 312 cm³/mol. The number of rotatable bonds is 10. The summed E-state index contributed by atoms with van der Waals surface area (Å²) in [5, 5.41) is 6.33. The molecule has 0 saturated heterocycles. The van der Waals surface area contributed by atoms with Crippen LogP contribution >= 0.6 is 11.3 Å². The summed E-state index contributed by atoms with van der Waals surface area (Å²) < 4.78 is 11.2. The summed E-state index contributed by atoms with van der Waals surface area (Å²) in [5.74, 6) is 2.20. The first-order valence-corrected chi connectivity index (χ1v) is 30.1. The van der Waals surface area contributed by atoms with Crippen LogP contribution in [-0.4, -0.2) is 22.6 Å². The van der Waals surface area contributed by atoms with Crippen LogP contribution in [0.1, 0.15) is 96.4 Å². The van der Waals surface area contributed by atoms with E-state index < -0.39 is 8.07 Å². The van der Waals surface area contributed by atoms with Gasteiger partial charge in [0.2, 0.25) is 0 Å². The molecule has 0 unspecified atom stereocenters. The van der Waals surface area contributed by atoms with Crippen molar-refractivity contribution in [3.05, 3.63) is 180 Å². The monoisotopic (exact) mass is 1170 g/mol. The molecule has 373 valence electrons. The van der Waals surface area contributed by atoms with Crippen LogP contribution in [0.15, 0.2) is 150 Å². The largest absolute Gasteiger partial charge is 0.501 e. The number of thiophene rings is 1. The Morgan fingerprint density at radius 3 is 2.07 bits per heavy atom. The molecule has 4 heterocycles. The van der Waals surface area contributed by atoms with Gasteiger partial charge in [-0.2, -0.15) is 11.3 Å². The van der Waals surface area contributed by atoms with E-state index in [0.29, 0.717) is 17.8 Å². The average Bonchev–Trinajstić information content (AvgIpc) is 4.04. The summed E-state index contributed by atoms with van der Waals surface area (Å²) in [5.41, 5.74) is 16.3. The van der Waals surface area contributed by atoms with Crippen molar-refractivity contribution in [3.8, 4) is 39.5 Å². The van der Waals surface area contributed by atoms with E-state index in [9.17, 15) is 0 Å². The average molecular weight is 1170 g/mol. The zero-order chi connectivity index (χ0) is 50.6. The van der Waals surface area contributed by atoms with Gasteiger partial charge in [0.15, 0.2) is 0 Å². The Balaban J connectivity index is 0.000000200. The second-order valence-corrected chi connectivity index (χ2v) is 29.1. The zero-order valence-corrected chi connectivity index (χ0v) is 48.7. The number of hydrogen-bond donors (Lipinski definition) is 0. The molecule has 0 N–H and O–H groups in total. The molecule has 11 rings (SSSR count). The summed E-state index contributed by atoms with van der Waals surface area (Å²) in [6.45, 7) is 27.9. The standard InChI is InChI=1S/C42H41N2S.C24H26NOSi.Ir/c1-26(2)32-23-31(29-13-9-8-10-14-29)24-33(27(3)4)40(32)44-37-16-12-11-15-36(37)43-41(44)30-18-20-39-35(22-30)34-21-28(25-42(5,6)7)17-19-38(34)45-39;1-16(2)13-17-14-21(25-15-23(17)27(3,4)5)20-11-8-10-19-18-9-6-7-12-22(18)26-24(19)20;/h8-17,19-24,26-27H,25H2,1-7H3;6-10,12,14-16H,13H2,1-5H3;/q2*-1;. The summed E-state index contributed by atoms with van der Waals surface area (Å²) in [6, 6.07) is 57.2. The molecule has 0 fully saturated rings. The van der Waals surface area contributed by atoms with Gasteiger partial charge >= 0.3 is 0 Å². The molecule has 0 bridgehead atoms. The van der Waals surface area contributed by atoms with Crippen molar-refractivity contribution in [1.29, 1.82) is 0 Å². The molecule has 0 saturated carbocycles. The molecule has 7 aromatic carbocycles. The van der Waals surface area contributed by atoms with E-state index in [0.717, 1.165) is 68.5 Å². The quantitative estimate of drug-likeness (QED) is 0.101. The van der Waals surface area contributed by atoms with E-state index in [2.05, 4.69) is 226 Å². The molecule has 4 aromatic heterocycles. The third-order valence-corrected chi connectivity index (χ3v) is 17.0. The molecule has 73 heavy (non-hydrogen) atoms. The molecule has 0 spiro atoms. The summed E-state index contributed by atoms with van der Waals surface area (Å²) in [7, 11) is -1.44. The van der Waals surface area contributed by atoms with E-state index >= 15 is 0 Å². The Morgan fingerprint density at radius 2 is 1.37 bits per heavy atom. The normalized spacial score (nSPS) is 12.2. The number of furan rings is 1. The molecule has 7 heteroatoms. The van der Waals surface area contributed by atoms with Gasteiger partial charge in [-0.15, -0.1) is 42.0 Å². The molecule has 0 amide bonds. The summed E-state index contributed by atoms with van der Waals surface area (Å²) >= 11 is 1.85. The van der Waals surface area contributed by atoms with Gasteiger partial charge in [0.1, 0.15) is 5.58 Å². The topological polar surface area (TPSA) is 43.9 Å². The second kappa shape index (κ2) is 20.8. The second-order valence-electron chi connectivity index (χ2n) is 23.0. The van der Waals surface area contributed by atoms with Crippen LogP contribution in [-0.2, 0) is 32.9 Å². The van der Waals surface area contributed by atoms with Crippen LogP contribution in [0.3, 0.4) is 0 Å². The van der Waals surface area contributed by atoms with Gasteiger partial charge in [0.25, 0.3) is 0 Å². The summed E-state index contributed by atoms with van der Waals surface area (Å²) in [6.07, 6.45) is 4.23. The van der Waals surface area contributed by atoms with Crippen molar-refractivity contribution < 1.29 is 24.5 Å². The van der Waals surface area contributed by atoms with Crippen LogP contribution < -0.4 is 5.19 Å². The molecule has 11 aromatic rings. The molecule has 0 aliphatic carbocycles. The third kappa shape index (κ3) is 10.6. The van der Waals surface area contributed by atoms with Crippen molar-refractivity contribution in [1.82, 2.24) is 14.5 Å². The first kappa shape index (κ1) is 51.9. The number of nitrogens with zero attached hydrogens (tertiary/aromatic N) is 3. The van der Waals surface area contributed by atoms with Gasteiger partial charge in [-0.3, -0.25) is 4.98 Å². The van der Waals surface area contributed by atoms with Gasteiger partial charge in [0.05, 0.1) is 30.5 Å². The first-order chi connectivity index (χ1) is 34.4. The van der Waals surface area contributed by atoms with Gasteiger partial charge < -0.3 is 14.0 Å². The van der Waals surface area contributed by atoms with E-state index in [1.807, 2.05) is 29.5 Å². The molecule has 0 aliphatic rings. The summed E-state index contributed by atoms with van der Waals surface area (Å²) in [4.78, 5) is 10.2. The van der Waals surface area contributed by atoms with Crippen molar-refractivity contribution in [3.63, 3.8) is 0 Å². The van der Waals surface area contributed by atoms with Crippen LogP contribution in [0, 0.1) is 23.5 Å². The molecule has 0 atom stereocenters. The minimum Gasteiger partial charge on any atom is -0.501 e. The predicted octanol–water partition coefficient (Wildman–Crippen LogP) is 18.6. The minimum atomic E-state index is -1.44. The molecule has 1 radical (unpaired) electrons. The smallest absolute Gasteiger partial charge is 0.120 e. The maximum Gasteiger partial charge on any atom is 0.120 e. The van der Waals surface area contributed by atoms with Crippen LogP contribution in [0.4, 0.5) is 0 Å². The van der Waals surface area contributed by atoms with Crippen molar-refractivity contribution in [2.24, 2.45) is 11.3 Å². The molecular formula is C66H67IrN3OSSi-2. The zero-order valence-electron chi connectivity index (χ0n) is 44.5. The van der Waals surface area contributed by atoms with E-state index in [1.165, 1.54) is 64.4 Å². The van der Waals surface area contributed by atoms with Crippen LogP contribution in [0.2, 0.25) is 19.6 Å². The number of benzene rings is 7. The number of para-hydroxylation sites is 3. The Bertz CT molecular complexity index is 3740. The fraction of sp³-hybridized carbons (Fsp3) is 0.273. The molecular weight excluding hydrogens is 1100 g/mol. The van der Waals surface area contributed by atoms with Gasteiger partial charge in [-0.05, 0) is 121 Å². The fourth-order valence-corrected chi connectivity index (χ4v) is 13.1. The fourth-order valence-electron chi connectivity index (χ4n) is 10.5. The van der Waals surface area contributed by atoms with E-state index in [1.54, 1.807) is 0 Å².